The second-order valence-corrected chi connectivity index (χ2v) is 7.04. The summed E-state index contributed by atoms with van der Waals surface area (Å²) in [6.45, 7) is 0.589. The van der Waals surface area contributed by atoms with Crippen LogP contribution in [0.3, 0.4) is 0 Å². The zero-order valence-electron chi connectivity index (χ0n) is 17.0. The van der Waals surface area contributed by atoms with Gasteiger partial charge in [0.15, 0.2) is 0 Å². The van der Waals surface area contributed by atoms with E-state index in [2.05, 4.69) is 20.6 Å². The monoisotopic (exact) mass is 414 g/mol. The maximum Gasteiger partial charge on any atom is 0.261 e. The minimum absolute atomic E-state index is 0.113. The molecular weight excluding hydrogens is 392 g/mol. The summed E-state index contributed by atoms with van der Waals surface area (Å²) in [5.41, 5.74) is 3.75. The first-order valence-electron chi connectivity index (χ1n) is 9.82. The van der Waals surface area contributed by atoms with Crippen molar-refractivity contribution in [3.05, 3.63) is 90.4 Å². The van der Waals surface area contributed by atoms with Gasteiger partial charge in [-0.1, -0.05) is 42.5 Å². The minimum Gasteiger partial charge on any atom is -0.350 e. The maximum atomic E-state index is 13.0. The Morgan fingerprint density at radius 3 is 2.55 bits per heavy atom. The molecule has 0 atom stereocenters. The number of rotatable bonds is 7. The molecule has 2 N–H and O–H groups in total. The van der Waals surface area contributed by atoms with Crippen LogP contribution < -0.4 is 10.2 Å². The summed E-state index contributed by atoms with van der Waals surface area (Å²) in [6.07, 6.45) is 4.92. The lowest BCUT2D eigenvalue weighted by atomic mass is 10.0. The molecule has 2 heterocycles. The predicted molar refractivity (Wildman–Crippen MR) is 117 cm³/mol. The summed E-state index contributed by atoms with van der Waals surface area (Å²) in [5.74, 6) is -0.261. The summed E-state index contributed by atoms with van der Waals surface area (Å²) in [7, 11) is 1.74. The van der Waals surface area contributed by atoms with Gasteiger partial charge in [0.25, 0.3) is 5.91 Å². The average molecular weight is 414 g/mol. The molecule has 0 saturated heterocycles. The third-order valence-corrected chi connectivity index (χ3v) is 4.91. The fourth-order valence-corrected chi connectivity index (χ4v) is 3.20. The van der Waals surface area contributed by atoms with E-state index in [0.717, 1.165) is 16.8 Å². The van der Waals surface area contributed by atoms with Crippen LogP contribution in [0, 0.1) is 0 Å². The number of carbonyl (C=O) groups is 2. The van der Waals surface area contributed by atoms with Crippen molar-refractivity contribution in [3.8, 4) is 11.3 Å². The highest BCUT2D eigenvalue weighted by Crippen LogP contribution is 2.24. The van der Waals surface area contributed by atoms with Crippen LogP contribution in [0.15, 0.2) is 79.3 Å². The van der Waals surface area contributed by atoms with E-state index in [-0.39, 0.29) is 18.4 Å². The Kier molecular flexibility index (Phi) is 5.89. The van der Waals surface area contributed by atoms with Gasteiger partial charge in [0, 0.05) is 37.2 Å². The molecule has 0 spiro atoms. The number of nitrogens with zero attached hydrogens (tertiary/aromatic N) is 4. The van der Waals surface area contributed by atoms with E-state index in [1.165, 1.54) is 0 Å². The first-order chi connectivity index (χ1) is 15.1. The normalized spacial score (nSPS) is 10.6. The Hall–Kier alpha value is -4.20. The number of anilines is 1. The average Bonchev–Trinajstić information content (AvgIpc) is 3.50. The third-order valence-electron chi connectivity index (χ3n) is 4.91. The van der Waals surface area contributed by atoms with E-state index in [9.17, 15) is 9.59 Å². The van der Waals surface area contributed by atoms with E-state index in [1.807, 2.05) is 54.6 Å². The molecule has 0 unspecified atom stereocenters. The number of carbonyl (C=O) groups excluding carboxylic acids is 2. The smallest absolute Gasteiger partial charge is 0.261 e. The van der Waals surface area contributed by atoms with Gasteiger partial charge in [0.1, 0.15) is 6.54 Å². The molecule has 156 valence electrons. The zero-order chi connectivity index (χ0) is 21.6. The lowest BCUT2D eigenvalue weighted by Gasteiger charge is -2.17. The zero-order valence-corrected chi connectivity index (χ0v) is 17.0. The Bertz CT molecular complexity index is 1150. The van der Waals surface area contributed by atoms with Crippen molar-refractivity contribution in [2.45, 2.75) is 13.1 Å². The Balaban J connectivity index is 1.42. The number of amides is 2. The van der Waals surface area contributed by atoms with Gasteiger partial charge >= 0.3 is 0 Å². The van der Waals surface area contributed by atoms with Gasteiger partial charge in [-0.05, 0) is 23.8 Å². The van der Waals surface area contributed by atoms with Gasteiger partial charge in [-0.15, -0.1) is 0 Å². The summed E-state index contributed by atoms with van der Waals surface area (Å²) in [5, 5.41) is 13.9. The molecule has 2 aromatic carbocycles. The van der Waals surface area contributed by atoms with Crippen molar-refractivity contribution < 1.29 is 9.59 Å². The molecule has 8 nitrogen and oxygen atoms in total. The van der Waals surface area contributed by atoms with Gasteiger partial charge in [0.05, 0.1) is 17.5 Å². The van der Waals surface area contributed by atoms with Crippen molar-refractivity contribution in [3.63, 3.8) is 0 Å². The second-order valence-electron chi connectivity index (χ2n) is 7.04. The Labute approximate surface area is 179 Å². The van der Waals surface area contributed by atoms with E-state index >= 15 is 0 Å². The Morgan fingerprint density at radius 1 is 1.06 bits per heavy atom. The molecule has 0 saturated carbocycles. The molecule has 0 aliphatic heterocycles. The lowest BCUT2D eigenvalue weighted by molar-refractivity contribution is -0.122. The number of aromatic nitrogens is 4. The highest BCUT2D eigenvalue weighted by Gasteiger charge is 2.20. The molecule has 31 heavy (non-hydrogen) atoms. The van der Waals surface area contributed by atoms with Gasteiger partial charge < -0.3 is 10.2 Å². The van der Waals surface area contributed by atoms with Crippen LogP contribution in [0.2, 0.25) is 0 Å². The SMILES string of the molecule is CN(C(=O)c1cn[nH]c1-c1ccc(CNC(=O)Cn2cccn2)cc1)c1ccccc1. The van der Waals surface area contributed by atoms with E-state index in [1.54, 1.807) is 41.3 Å². The van der Waals surface area contributed by atoms with E-state index in [0.29, 0.717) is 17.8 Å². The molecule has 0 radical (unpaired) electrons. The summed E-state index contributed by atoms with van der Waals surface area (Å²) in [6, 6.07) is 18.9. The summed E-state index contributed by atoms with van der Waals surface area (Å²) < 4.78 is 1.57. The molecule has 0 aliphatic rings. The van der Waals surface area contributed by atoms with Gasteiger partial charge in [0.2, 0.25) is 5.91 Å². The highest BCUT2D eigenvalue weighted by molar-refractivity contribution is 6.09. The van der Waals surface area contributed by atoms with Crippen molar-refractivity contribution >= 4 is 17.5 Å². The van der Waals surface area contributed by atoms with Crippen molar-refractivity contribution in [1.29, 1.82) is 0 Å². The molecule has 0 aliphatic carbocycles. The fraction of sp³-hybridized carbons (Fsp3) is 0.130. The second kappa shape index (κ2) is 9.08. The fourth-order valence-electron chi connectivity index (χ4n) is 3.20. The molecule has 8 heteroatoms. The quantitative estimate of drug-likeness (QED) is 0.486. The van der Waals surface area contributed by atoms with Crippen LogP contribution in [0.1, 0.15) is 15.9 Å². The van der Waals surface area contributed by atoms with Gasteiger partial charge in [-0.2, -0.15) is 10.2 Å². The van der Waals surface area contributed by atoms with Crippen LogP contribution in [0.25, 0.3) is 11.3 Å². The first-order valence-corrected chi connectivity index (χ1v) is 9.82. The van der Waals surface area contributed by atoms with Crippen LogP contribution in [0.4, 0.5) is 5.69 Å². The lowest BCUT2D eigenvalue weighted by Crippen LogP contribution is -2.27. The number of hydrogen-bond acceptors (Lipinski definition) is 4. The van der Waals surface area contributed by atoms with Gasteiger partial charge in [-0.25, -0.2) is 0 Å². The predicted octanol–water partition coefficient (Wildman–Crippen LogP) is 2.87. The number of aromatic amines is 1. The highest BCUT2D eigenvalue weighted by atomic mass is 16.2. The number of para-hydroxylation sites is 1. The minimum atomic E-state index is -0.148. The molecule has 4 aromatic rings. The number of H-pyrrole nitrogens is 1. The molecule has 2 amide bonds. The van der Waals surface area contributed by atoms with E-state index < -0.39 is 0 Å². The standard InChI is InChI=1S/C23H22N6O2/c1-28(19-6-3-2-4-7-19)23(31)20-15-25-27-22(20)18-10-8-17(9-11-18)14-24-21(30)16-29-13-5-12-26-29/h2-13,15H,14,16H2,1H3,(H,24,30)(H,25,27). The molecule has 0 fully saturated rings. The molecule has 4 rings (SSSR count). The largest absolute Gasteiger partial charge is 0.350 e. The molecule has 2 aromatic heterocycles. The number of benzene rings is 2. The maximum absolute atomic E-state index is 13.0. The topological polar surface area (TPSA) is 95.9 Å². The van der Waals surface area contributed by atoms with Gasteiger partial charge in [-0.3, -0.25) is 19.4 Å². The van der Waals surface area contributed by atoms with Crippen molar-refractivity contribution in [1.82, 2.24) is 25.3 Å². The van der Waals surface area contributed by atoms with Crippen LogP contribution in [-0.4, -0.2) is 38.8 Å². The summed E-state index contributed by atoms with van der Waals surface area (Å²) >= 11 is 0. The molecular formula is C23H22N6O2. The van der Waals surface area contributed by atoms with Crippen LogP contribution >= 0.6 is 0 Å². The van der Waals surface area contributed by atoms with Crippen molar-refractivity contribution in [2.75, 3.05) is 11.9 Å². The third kappa shape index (κ3) is 4.69. The summed E-state index contributed by atoms with van der Waals surface area (Å²) in [4.78, 5) is 26.6. The Morgan fingerprint density at radius 2 is 1.84 bits per heavy atom. The van der Waals surface area contributed by atoms with Crippen LogP contribution in [-0.2, 0) is 17.9 Å². The first kappa shape index (κ1) is 20.1. The van der Waals surface area contributed by atoms with E-state index in [4.69, 9.17) is 0 Å². The molecule has 0 bridgehead atoms. The van der Waals surface area contributed by atoms with Crippen molar-refractivity contribution in [2.24, 2.45) is 0 Å². The number of nitrogens with one attached hydrogen (secondary N) is 2. The van der Waals surface area contributed by atoms with Crippen LogP contribution in [0.5, 0.6) is 0 Å². The number of hydrogen-bond donors (Lipinski definition) is 2.